The molecule has 0 spiro atoms. The van der Waals surface area contributed by atoms with Gasteiger partial charge in [-0.2, -0.15) is 0 Å². The van der Waals surface area contributed by atoms with Crippen LogP contribution in [0.4, 0.5) is 0 Å². The number of rotatable bonds is 3. The van der Waals surface area contributed by atoms with Crippen molar-refractivity contribution in [1.29, 1.82) is 0 Å². The molecule has 0 radical (unpaired) electrons. The lowest BCUT2D eigenvalue weighted by Crippen LogP contribution is -2.09. The molecule has 0 aliphatic carbocycles. The third kappa shape index (κ3) is 2.36. The Bertz CT molecular complexity index is 403. The highest BCUT2D eigenvalue weighted by atomic mass is 35.5. The first kappa shape index (κ1) is 11.4. The molecule has 1 aromatic carbocycles. The summed E-state index contributed by atoms with van der Waals surface area (Å²) in [5.74, 6) is -0.227. The number of halogens is 1. The highest BCUT2D eigenvalue weighted by Crippen LogP contribution is 2.34. The Morgan fingerprint density at radius 2 is 2.44 bits per heavy atom. The third-order valence-corrected chi connectivity index (χ3v) is 2.78. The summed E-state index contributed by atoms with van der Waals surface area (Å²) in [6, 6.07) is 5.60. The Morgan fingerprint density at radius 3 is 3.19 bits per heavy atom. The second kappa shape index (κ2) is 4.85. The minimum atomic E-state index is -0.227. The predicted octanol–water partition coefficient (Wildman–Crippen LogP) is 2.86. The molecular weight excluding hydrogens is 228 g/mol. The zero-order valence-electron chi connectivity index (χ0n) is 9.03. The van der Waals surface area contributed by atoms with Crippen LogP contribution in [0.2, 0.25) is 5.02 Å². The number of ether oxygens (including phenoxy) is 2. The maximum atomic E-state index is 11.3. The summed E-state index contributed by atoms with van der Waals surface area (Å²) in [5.41, 5.74) is 2.10. The van der Waals surface area contributed by atoms with Crippen molar-refractivity contribution >= 4 is 17.6 Å². The molecule has 0 fully saturated rings. The Hall–Kier alpha value is -1.06. The molecule has 1 aromatic rings. The number of hydrogen-bond donors (Lipinski definition) is 0. The van der Waals surface area contributed by atoms with E-state index in [1.165, 1.54) is 0 Å². The second-order valence-electron chi connectivity index (χ2n) is 3.65. The highest BCUT2D eigenvalue weighted by molar-refractivity contribution is 6.30. The van der Waals surface area contributed by atoms with E-state index >= 15 is 0 Å². The average molecular weight is 241 g/mol. The van der Waals surface area contributed by atoms with Gasteiger partial charge < -0.3 is 9.47 Å². The molecule has 0 aromatic heterocycles. The van der Waals surface area contributed by atoms with Crippen LogP contribution in [0.3, 0.4) is 0 Å². The molecule has 0 saturated heterocycles. The molecule has 16 heavy (non-hydrogen) atoms. The molecule has 1 atom stereocenters. The summed E-state index contributed by atoms with van der Waals surface area (Å²) in [6.07, 6.45) is 0.0777. The monoisotopic (exact) mass is 240 g/mol. The number of carbonyl (C=O) groups is 1. The van der Waals surface area contributed by atoms with E-state index in [1.54, 1.807) is 6.92 Å². The summed E-state index contributed by atoms with van der Waals surface area (Å²) < 4.78 is 10.4. The van der Waals surface area contributed by atoms with Crippen molar-refractivity contribution in [2.75, 3.05) is 6.61 Å². The fourth-order valence-electron chi connectivity index (χ4n) is 1.83. The molecule has 4 heteroatoms. The third-order valence-electron chi connectivity index (χ3n) is 2.55. The van der Waals surface area contributed by atoms with E-state index in [9.17, 15) is 4.79 Å². The number of benzene rings is 1. The lowest BCUT2D eigenvalue weighted by atomic mass is 10.0. The van der Waals surface area contributed by atoms with Gasteiger partial charge in [-0.05, 0) is 30.2 Å². The molecule has 3 nitrogen and oxygen atoms in total. The highest BCUT2D eigenvalue weighted by Gasteiger charge is 2.26. The van der Waals surface area contributed by atoms with Crippen molar-refractivity contribution in [3.63, 3.8) is 0 Å². The summed E-state index contributed by atoms with van der Waals surface area (Å²) in [6.45, 7) is 2.71. The summed E-state index contributed by atoms with van der Waals surface area (Å²) in [5, 5.41) is 0.694. The Labute approximate surface area is 99.3 Å². The molecule has 1 aliphatic heterocycles. The quantitative estimate of drug-likeness (QED) is 0.762. The van der Waals surface area contributed by atoms with E-state index in [2.05, 4.69) is 0 Å². The zero-order valence-corrected chi connectivity index (χ0v) is 9.79. The predicted molar refractivity (Wildman–Crippen MR) is 60.2 cm³/mol. The van der Waals surface area contributed by atoms with Gasteiger partial charge in [0.2, 0.25) is 0 Å². The summed E-state index contributed by atoms with van der Waals surface area (Å²) in [7, 11) is 0. The minimum Gasteiger partial charge on any atom is -0.466 e. The molecule has 1 unspecified atom stereocenters. The maximum Gasteiger partial charge on any atom is 0.308 e. The van der Waals surface area contributed by atoms with Crippen molar-refractivity contribution in [2.45, 2.75) is 26.1 Å². The summed E-state index contributed by atoms with van der Waals surface area (Å²) >= 11 is 5.88. The van der Waals surface area contributed by atoms with Crippen LogP contribution in [-0.4, -0.2) is 12.6 Å². The molecule has 2 rings (SSSR count). The fourth-order valence-corrected chi connectivity index (χ4v) is 2.03. The van der Waals surface area contributed by atoms with Crippen LogP contribution in [0, 0.1) is 0 Å². The van der Waals surface area contributed by atoms with Crippen molar-refractivity contribution in [3.8, 4) is 0 Å². The van der Waals surface area contributed by atoms with E-state index in [-0.39, 0.29) is 18.5 Å². The lowest BCUT2D eigenvalue weighted by molar-refractivity contribution is -0.146. The van der Waals surface area contributed by atoms with Crippen LogP contribution in [0.25, 0.3) is 0 Å². The van der Waals surface area contributed by atoms with Crippen molar-refractivity contribution in [1.82, 2.24) is 0 Å². The topological polar surface area (TPSA) is 35.5 Å². The van der Waals surface area contributed by atoms with Gasteiger partial charge in [0, 0.05) is 5.02 Å². The van der Waals surface area contributed by atoms with Crippen LogP contribution >= 0.6 is 11.6 Å². The van der Waals surface area contributed by atoms with Crippen LogP contribution in [0.5, 0.6) is 0 Å². The number of carbonyl (C=O) groups excluding carboxylic acids is 1. The van der Waals surface area contributed by atoms with Gasteiger partial charge in [-0.15, -0.1) is 0 Å². The van der Waals surface area contributed by atoms with Gasteiger partial charge in [-0.1, -0.05) is 17.7 Å². The second-order valence-corrected chi connectivity index (χ2v) is 4.09. The van der Waals surface area contributed by atoms with Gasteiger partial charge in [-0.25, -0.2) is 0 Å². The Morgan fingerprint density at radius 1 is 1.62 bits per heavy atom. The average Bonchev–Trinajstić information content (AvgIpc) is 2.61. The van der Waals surface area contributed by atoms with Gasteiger partial charge >= 0.3 is 5.97 Å². The fraction of sp³-hybridized carbons (Fsp3) is 0.417. The number of hydrogen-bond acceptors (Lipinski definition) is 3. The van der Waals surface area contributed by atoms with Crippen LogP contribution in [-0.2, 0) is 20.9 Å². The standard InChI is InChI=1S/C12H13ClO3/c1-2-15-12(14)6-11-10-4-3-9(13)5-8(10)7-16-11/h3-5,11H,2,6-7H2,1H3. The van der Waals surface area contributed by atoms with E-state index in [0.29, 0.717) is 18.2 Å². The lowest BCUT2D eigenvalue weighted by Gasteiger charge is -2.09. The van der Waals surface area contributed by atoms with E-state index in [1.807, 2.05) is 18.2 Å². The van der Waals surface area contributed by atoms with Crippen LogP contribution < -0.4 is 0 Å². The zero-order chi connectivity index (χ0) is 11.5. The number of esters is 1. The Balaban J connectivity index is 2.09. The van der Waals surface area contributed by atoms with Crippen molar-refractivity contribution < 1.29 is 14.3 Å². The largest absolute Gasteiger partial charge is 0.466 e. The first-order valence-electron chi connectivity index (χ1n) is 5.26. The van der Waals surface area contributed by atoms with E-state index in [4.69, 9.17) is 21.1 Å². The smallest absolute Gasteiger partial charge is 0.308 e. The summed E-state index contributed by atoms with van der Waals surface area (Å²) in [4.78, 5) is 11.3. The molecule has 0 bridgehead atoms. The maximum absolute atomic E-state index is 11.3. The molecular formula is C12H13ClO3. The van der Waals surface area contributed by atoms with Crippen molar-refractivity contribution in [2.24, 2.45) is 0 Å². The van der Waals surface area contributed by atoms with E-state index < -0.39 is 0 Å². The van der Waals surface area contributed by atoms with Crippen molar-refractivity contribution in [3.05, 3.63) is 34.3 Å². The molecule has 86 valence electrons. The molecule has 1 heterocycles. The molecule has 0 amide bonds. The van der Waals surface area contributed by atoms with Gasteiger partial charge in [0.05, 0.1) is 25.7 Å². The first-order valence-corrected chi connectivity index (χ1v) is 5.64. The SMILES string of the molecule is CCOC(=O)CC1OCc2cc(Cl)ccc21. The van der Waals surface area contributed by atoms with Crippen LogP contribution in [0.15, 0.2) is 18.2 Å². The Kier molecular flexibility index (Phi) is 3.46. The van der Waals surface area contributed by atoms with Gasteiger partial charge in [0.1, 0.15) is 0 Å². The van der Waals surface area contributed by atoms with Gasteiger partial charge in [-0.3, -0.25) is 4.79 Å². The first-order chi connectivity index (χ1) is 7.70. The van der Waals surface area contributed by atoms with Gasteiger partial charge in [0.25, 0.3) is 0 Å². The normalized spacial score (nSPS) is 18.2. The minimum absolute atomic E-state index is 0.189. The van der Waals surface area contributed by atoms with E-state index in [0.717, 1.165) is 11.1 Å². The van der Waals surface area contributed by atoms with Crippen LogP contribution in [0.1, 0.15) is 30.6 Å². The molecule has 0 N–H and O–H groups in total. The molecule has 0 saturated carbocycles. The van der Waals surface area contributed by atoms with Gasteiger partial charge in [0.15, 0.2) is 0 Å². The molecule has 1 aliphatic rings. The number of fused-ring (bicyclic) bond motifs is 1.